The molecular formula is C36H54N6O7. The normalized spacial score (nSPS) is 21.2. The van der Waals surface area contributed by atoms with Crippen molar-refractivity contribution in [3.63, 3.8) is 0 Å². The highest BCUT2D eigenvalue weighted by molar-refractivity contribution is 5.87. The SMILES string of the molecule is CCCN(C(=O)OC1(C(C)C)C=CC(OC)=CC1(C)OC)c1ccnc(Nc2cc(OC)c(OC)c(OCCCN3CCN(C)CC3)c2)n1. The Bertz CT molecular complexity index is 1460. The molecule has 13 nitrogen and oxygen atoms in total. The number of aromatic nitrogens is 2. The van der Waals surface area contributed by atoms with E-state index in [1.807, 2.05) is 45.9 Å². The quantitative estimate of drug-likeness (QED) is 0.225. The minimum absolute atomic E-state index is 0.133. The zero-order chi connectivity index (χ0) is 35.6. The van der Waals surface area contributed by atoms with Gasteiger partial charge in [-0.15, -0.1) is 0 Å². The van der Waals surface area contributed by atoms with E-state index in [4.69, 9.17) is 33.4 Å². The molecule has 13 heteroatoms. The minimum atomic E-state index is -1.11. The van der Waals surface area contributed by atoms with Crippen molar-refractivity contribution in [1.82, 2.24) is 19.8 Å². The number of amides is 1. The summed E-state index contributed by atoms with van der Waals surface area (Å²) in [5, 5.41) is 3.25. The largest absolute Gasteiger partial charge is 0.497 e. The summed E-state index contributed by atoms with van der Waals surface area (Å²) in [5.74, 6) is 2.71. The Kier molecular flexibility index (Phi) is 13.1. The first kappa shape index (κ1) is 37.7. The zero-order valence-electron chi connectivity index (χ0n) is 30.6. The standard InChI is InChI=1S/C36H54N6O7/c1-10-16-42(34(43)49-36(26(2)3)14-12-28(44-6)25-35(36,4)47-9)31-13-15-37-33(39-31)38-27-23-29(45-7)32(46-8)30(24-27)48-22-11-17-41-20-18-40(5)19-21-41/h12-15,23-26H,10-11,16-22H2,1-9H3,(H,37,38,39). The lowest BCUT2D eigenvalue weighted by Crippen LogP contribution is -2.59. The number of allylic oxidation sites excluding steroid dienone is 1. The van der Waals surface area contributed by atoms with Gasteiger partial charge in [0.05, 0.1) is 27.9 Å². The van der Waals surface area contributed by atoms with Gasteiger partial charge in [0.2, 0.25) is 11.7 Å². The number of carbonyl (C=O) groups excluding carboxylic acids is 1. The van der Waals surface area contributed by atoms with E-state index >= 15 is 0 Å². The van der Waals surface area contributed by atoms with Crippen LogP contribution < -0.4 is 24.4 Å². The fourth-order valence-corrected chi connectivity index (χ4v) is 6.23. The summed E-state index contributed by atoms with van der Waals surface area (Å²) in [7, 11) is 8.51. The van der Waals surface area contributed by atoms with Crippen LogP contribution in [0.5, 0.6) is 17.2 Å². The van der Waals surface area contributed by atoms with Crippen LogP contribution in [0.4, 0.5) is 22.2 Å². The molecule has 2 atom stereocenters. The van der Waals surface area contributed by atoms with Gasteiger partial charge in [0, 0.05) is 76.3 Å². The number of benzene rings is 1. The molecule has 1 fully saturated rings. The van der Waals surface area contributed by atoms with E-state index in [0.717, 1.165) is 39.1 Å². The van der Waals surface area contributed by atoms with Crippen LogP contribution in [-0.4, -0.2) is 118 Å². The summed E-state index contributed by atoms with van der Waals surface area (Å²) in [6, 6.07) is 5.31. The van der Waals surface area contributed by atoms with Crippen LogP contribution in [0.2, 0.25) is 0 Å². The number of methoxy groups -OCH3 is 4. The highest BCUT2D eigenvalue weighted by atomic mass is 16.6. The lowest BCUT2D eigenvalue weighted by atomic mass is 9.72. The molecule has 1 aromatic carbocycles. The highest BCUT2D eigenvalue weighted by Crippen LogP contribution is 2.43. The number of piperazine rings is 1. The van der Waals surface area contributed by atoms with Crippen molar-refractivity contribution in [3.05, 3.63) is 48.4 Å². The fraction of sp³-hybridized carbons (Fsp3) is 0.583. The van der Waals surface area contributed by atoms with Crippen molar-refractivity contribution in [2.75, 3.05) is 91.6 Å². The molecule has 1 amide bonds. The minimum Gasteiger partial charge on any atom is -0.497 e. The van der Waals surface area contributed by atoms with Crippen molar-refractivity contribution in [1.29, 1.82) is 0 Å². The third-order valence-electron chi connectivity index (χ3n) is 9.22. The number of likely N-dealkylation sites (N-methyl/N-ethyl adjacent to an activating group) is 1. The predicted molar refractivity (Wildman–Crippen MR) is 190 cm³/mol. The van der Waals surface area contributed by atoms with Crippen LogP contribution in [0.3, 0.4) is 0 Å². The summed E-state index contributed by atoms with van der Waals surface area (Å²) in [6.45, 7) is 14.0. The monoisotopic (exact) mass is 682 g/mol. The van der Waals surface area contributed by atoms with Gasteiger partial charge in [0.25, 0.3) is 0 Å². The van der Waals surface area contributed by atoms with Crippen molar-refractivity contribution in [3.8, 4) is 17.2 Å². The average Bonchev–Trinajstić information content (AvgIpc) is 3.10. The molecule has 1 aromatic heterocycles. The second-order valence-electron chi connectivity index (χ2n) is 12.8. The number of anilines is 3. The summed E-state index contributed by atoms with van der Waals surface area (Å²) >= 11 is 0. The Balaban J connectivity index is 1.53. The molecule has 1 saturated heterocycles. The van der Waals surface area contributed by atoms with Gasteiger partial charge in [-0.2, -0.15) is 4.98 Å². The maximum absolute atomic E-state index is 14.0. The Labute approximate surface area is 291 Å². The van der Waals surface area contributed by atoms with Crippen LogP contribution in [0.25, 0.3) is 0 Å². The van der Waals surface area contributed by atoms with Crippen LogP contribution in [-0.2, 0) is 14.2 Å². The molecule has 270 valence electrons. The van der Waals surface area contributed by atoms with E-state index in [1.165, 1.54) is 4.90 Å². The molecular weight excluding hydrogens is 628 g/mol. The van der Waals surface area contributed by atoms with Gasteiger partial charge in [-0.3, -0.25) is 4.90 Å². The summed E-state index contributed by atoms with van der Waals surface area (Å²) in [6.07, 6.45) is 8.09. The molecule has 2 aromatic rings. The molecule has 0 radical (unpaired) electrons. The van der Waals surface area contributed by atoms with Gasteiger partial charge in [0.1, 0.15) is 17.2 Å². The molecule has 1 aliphatic carbocycles. The summed E-state index contributed by atoms with van der Waals surface area (Å²) in [4.78, 5) is 29.5. The molecule has 4 rings (SSSR count). The van der Waals surface area contributed by atoms with E-state index in [2.05, 4.69) is 27.1 Å². The fourth-order valence-electron chi connectivity index (χ4n) is 6.23. The first-order valence-electron chi connectivity index (χ1n) is 16.9. The number of rotatable bonds is 16. The van der Waals surface area contributed by atoms with E-state index in [1.54, 1.807) is 52.8 Å². The second kappa shape index (κ2) is 17.0. The topological polar surface area (TPSA) is 120 Å². The maximum atomic E-state index is 14.0. The van der Waals surface area contributed by atoms with Gasteiger partial charge in [-0.1, -0.05) is 20.8 Å². The average molecular weight is 683 g/mol. The van der Waals surface area contributed by atoms with Crippen molar-refractivity contribution >= 4 is 23.5 Å². The van der Waals surface area contributed by atoms with Crippen molar-refractivity contribution in [2.45, 2.75) is 51.7 Å². The lowest BCUT2D eigenvalue weighted by molar-refractivity contribution is -0.131. The van der Waals surface area contributed by atoms with E-state index < -0.39 is 17.3 Å². The highest BCUT2D eigenvalue weighted by Gasteiger charge is 2.54. The van der Waals surface area contributed by atoms with Gasteiger partial charge < -0.3 is 43.5 Å². The predicted octanol–water partition coefficient (Wildman–Crippen LogP) is 5.51. The van der Waals surface area contributed by atoms with Crippen LogP contribution in [0, 0.1) is 5.92 Å². The molecule has 2 aliphatic rings. The first-order chi connectivity index (χ1) is 23.5. The van der Waals surface area contributed by atoms with Gasteiger partial charge in [-0.25, -0.2) is 9.78 Å². The van der Waals surface area contributed by atoms with Crippen molar-refractivity contribution < 1.29 is 33.2 Å². The van der Waals surface area contributed by atoms with E-state index in [0.29, 0.717) is 54.1 Å². The number of hydrogen-bond acceptors (Lipinski definition) is 12. The summed E-state index contributed by atoms with van der Waals surface area (Å²) < 4.78 is 35.3. The van der Waals surface area contributed by atoms with E-state index in [-0.39, 0.29) is 11.9 Å². The molecule has 49 heavy (non-hydrogen) atoms. The number of nitrogens with zero attached hydrogens (tertiary/aromatic N) is 5. The Morgan fingerprint density at radius 3 is 2.43 bits per heavy atom. The summed E-state index contributed by atoms with van der Waals surface area (Å²) in [5.41, 5.74) is -1.46. The van der Waals surface area contributed by atoms with Crippen LogP contribution in [0.15, 0.2) is 48.4 Å². The number of nitrogens with one attached hydrogen (secondary N) is 1. The van der Waals surface area contributed by atoms with Crippen LogP contribution in [0.1, 0.15) is 40.5 Å². The Morgan fingerprint density at radius 1 is 1.06 bits per heavy atom. The first-order valence-corrected chi connectivity index (χ1v) is 16.9. The second-order valence-corrected chi connectivity index (χ2v) is 12.8. The zero-order valence-corrected chi connectivity index (χ0v) is 30.6. The molecule has 1 N–H and O–H groups in total. The van der Waals surface area contributed by atoms with Crippen molar-refractivity contribution in [2.24, 2.45) is 5.92 Å². The Hall–Kier alpha value is -4.07. The number of ether oxygens (including phenoxy) is 6. The smallest absolute Gasteiger partial charge is 0.416 e. The lowest BCUT2D eigenvalue weighted by Gasteiger charge is -2.48. The number of carbonyl (C=O) groups is 1. The van der Waals surface area contributed by atoms with E-state index in [9.17, 15) is 4.79 Å². The molecule has 0 bridgehead atoms. The number of hydrogen-bond donors (Lipinski definition) is 1. The third-order valence-corrected chi connectivity index (χ3v) is 9.22. The van der Waals surface area contributed by atoms with Gasteiger partial charge in [-0.05, 0) is 51.1 Å². The molecule has 0 spiro atoms. The van der Waals surface area contributed by atoms with Gasteiger partial charge in [0.15, 0.2) is 17.1 Å². The Morgan fingerprint density at radius 2 is 1.80 bits per heavy atom. The third kappa shape index (κ3) is 8.75. The molecule has 2 heterocycles. The van der Waals surface area contributed by atoms with Crippen LogP contribution >= 0.6 is 0 Å². The van der Waals surface area contributed by atoms with Gasteiger partial charge >= 0.3 is 6.09 Å². The molecule has 2 unspecified atom stereocenters. The molecule has 0 saturated carbocycles. The maximum Gasteiger partial charge on any atom is 0.416 e. The molecule has 1 aliphatic heterocycles.